The lowest BCUT2D eigenvalue weighted by Crippen LogP contribution is -2.30. The fourth-order valence-electron chi connectivity index (χ4n) is 2.13. The van der Waals surface area contributed by atoms with E-state index in [0.29, 0.717) is 5.69 Å². The van der Waals surface area contributed by atoms with Gasteiger partial charge in [0.25, 0.3) is 10.0 Å². The molecule has 2 aromatic rings. The summed E-state index contributed by atoms with van der Waals surface area (Å²) in [6, 6.07) is 16.8. The molecule has 0 aliphatic rings. The Hall–Kier alpha value is -1.24. The Bertz CT molecular complexity index is 787. The molecule has 0 bridgehead atoms. The summed E-state index contributed by atoms with van der Waals surface area (Å²) in [5.41, 5.74) is 0.423. The molecule has 2 aromatic carbocycles. The summed E-state index contributed by atoms with van der Waals surface area (Å²) in [6.45, 7) is 0.775. The van der Waals surface area contributed by atoms with Crippen molar-refractivity contribution in [3.05, 3.63) is 60.7 Å². The molecule has 0 heterocycles. The molecule has 0 fully saturated rings. The molecule has 0 aliphatic carbocycles. The van der Waals surface area contributed by atoms with Crippen LogP contribution in [0.25, 0.3) is 0 Å². The Morgan fingerprint density at radius 2 is 1.38 bits per heavy atom. The number of hydrogen-bond donors (Lipinski definition) is 0. The van der Waals surface area contributed by atoms with E-state index in [2.05, 4.69) is 0 Å². The SMILES string of the molecule is CCOP(=S)(OCC)N(c1ccccc1)S(=O)(=O)c1ccccc1. The molecule has 24 heavy (non-hydrogen) atoms. The fraction of sp³-hybridized carbons (Fsp3) is 0.250. The molecule has 0 amide bonds. The molecule has 2 rings (SSSR count). The fourth-order valence-corrected chi connectivity index (χ4v) is 7.91. The second-order valence-electron chi connectivity index (χ2n) is 4.70. The van der Waals surface area contributed by atoms with Crippen molar-refractivity contribution in [3.63, 3.8) is 0 Å². The minimum absolute atomic E-state index is 0.141. The van der Waals surface area contributed by atoms with Gasteiger partial charge in [-0.05, 0) is 49.9 Å². The smallest absolute Gasteiger partial charge is 0.304 e. The van der Waals surface area contributed by atoms with E-state index in [1.54, 1.807) is 56.3 Å². The van der Waals surface area contributed by atoms with Gasteiger partial charge in [-0.3, -0.25) is 0 Å². The number of anilines is 1. The van der Waals surface area contributed by atoms with Gasteiger partial charge in [-0.25, -0.2) is 8.42 Å². The Labute approximate surface area is 148 Å². The molecule has 0 radical (unpaired) electrons. The van der Waals surface area contributed by atoms with Gasteiger partial charge in [-0.1, -0.05) is 36.4 Å². The number of sulfonamides is 1. The summed E-state index contributed by atoms with van der Waals surface area (Å²) in [5.74, 6) is 0. The van der Waals surface area contributed by atoms with Crippen LogP contribution in [0.1, 0.15) is 13.8 Å². The van der Waals surface area contributed by atoms with Crippen molar-refractivity contribution in [2.75, 3.05) is 17.3 Å². The highest BCUT2D eigenvalue weighted by Gasteiger charge is 2.39. The van der Waals surface area contributed by atoms with Crippen molar-refractivity contribution in [1.82, 2.24) is 0 Å². The summed E-state index contributed by atoms with van der Waals surface area (Å²) < 4.78 is 38.9. The number of benzene rings is 2. The lowest BCUT2D eigenvalue weighted by atomic mass is 10.3. The minimum Gasteiger partial charge on any atom is -0.313 e. The van der Waals surface area contributed by atoms with Crippen LogP contribution in [0, 0.1) is 0 Å². The van der Waals surface area contributed by atoms with E-state index in [-0.39, 0.29) is 18.1 Å². The molecule has 0 saturated heterocycles. The van der Waals surface area contributed by atoms with Crippen LogP contribution in [-0.4, -0.2) is 21.6 Å². The third-order valence-electron chi connectivity index (χ3n) is 3.05. The number of rotatable bonds is 8. The van der Waals surface area contributed by atoms with Crippen LogP contribution in [0.15, 0.2) is 65.6 Å². The van der Waals surface area contributed by atoms with Crippen LogP contribution < -0.4 is 4.08 Å². The summed E-state index contributed by atoms with van der Waals surface area (Å²) in [5, 5.41) is 0. The van der Waals surface area contributed by atoms with Gasteiger partial charge in [0.05, 0.1) is 23.8 Å². The quantitative estimate of drug-likeness (QED) is 0.638. The van der Waals surface area contributed by atoms with Gasteiger partial charge >= 0.3 is 6.64 Å². The van der Waals surface area contributed by atoms with Crippen molar-refractivity contribution in [3.8, 4) is 0 Å². The Balaban J connectivity index is 2.66. The maximum absolute atomic E-state index is 13.3. The predicted molar refractivity (Wildman–Crippen MR) is 100 cm³/mol. The van der Waals surface area contributed by atoms with Crippen molar-refractivity contribution in [2.24, 2.45) is 0 Å². The topological polar surface area (TPSA) is 55.8 Å². The molecule has 8 heteroatoms. The van der Waals surface area contributed by atoms with E-state index in [9.17, 15) is 8.42 Å². The minimum atomic E-state index is -3.93. The molecular weight excluding hydrogens is 365 g/mol. The molecule has 0 saturated carbocycles. The van der Waals surface area contributed by atoms with Gasteiger partial charge in [-0.15, -0.1) is 0 Å². The molecule has 0 spiro atoms. The second kappa shape index (κ2) is 8.23. The average Bonchev–Trinajstić information content (AvgIpc) is 2.57. The Morgan fingerprint density at radius 3 is 1.83 bits per heavy atom. The summed E-state index contributed by atoms with van der Waals surface area (Å²) in [7, 11) is -3.93. The molecule has 0 unspecified atom stereocenters. The number of hydrogen-bond acceptors (Lipinski definition) is 5. The van der Waals surface area contributed by atoms with Crippen LogP contribution in [0.5, 0.6) is 0 Å². The van der Waals surface area contributed by atoms with Crippen molar-refractivity contribution in [2.45, 2.75) is 18.7 Å². The van der Waals surface area contributed by atoms with E-state index in [1.807, 2.05) is 6.07 Å². The first kappa shape index (κ1) is 19.1. The van der Waals surface area contributed by atoms with E-state index < -0.39 is 16.7 Å². The molecule has 0 aromatic heterocycles. The van der Waals surface area contributed by atoms with Gasteiger partial charge in [0, 0.05) is 0 Å². The van der Waals surface area contributed by atoms with E-state index in [4.69, 9.17) is 20.9 Å². The van der Waals surface area contributed by atoms with E-state index >= 15 is 0 Å². The summed E-state index contributed by atoms with van der Waals surface area (Å²) >= 11 is 5.57. The molecule has 0 atom stereocenters. The first-order valence-corrected chi connectivity index (χ1v) is 11.5. The highest BCUT2D eigenvalue weighted by atomic mass is 32.5. The summed E-state index contributed by atoms with van der Waals surface area (Å²) in [6.07, 6.45) is 0. The lowest BCUT2D eigenvalue weighted by Gasteiger charge is -2.33. The second-order valence-corrected chi connectivity index (χ2v) is 10.00. The average molecular weight is 385 g/mol. The maximum Gasteiger partial charge on any atom is 0.304 e. The molecular formula is C16H20NO4PS2. The first-order valence-electron chi connectivity index (χ1n) is 7.50. The van der Waals surface area contributed by atoms with Crippen LogP contribution in [0.3, 0.4) is 0 Å². The maximum atomic E-state index is 13.3. The first-order chi connectivity index (χ1) is 11.5. The van der Waals surface area contributed by atoms with Gasteiger partial charge in [0.1, 0.15) is 0 Å². The zero-order chi connectivity index (χ0) is 17.6. The lowest BCUT2D eigenvalue weighted by molar-refractivity contribution is 0.267. The number of para-hydroxylation sites is 1. The molecule has 0 aliphatic heterocycles. The van der Waals surface area contributed by atoms with Crippen LogP contribution in [0.2, 0.25) is 0 Å². The standard InChI is InChI=1S/C16H20NO4PS2/c1-3-20-22(23,21-4-2)17(15-11-7-5-8-12-15)24(18,19)16-13-9-6-10-14-16/h5-14H,3-4H2,1-2H3. The normalized spacial score (nSPS) is 12.1. The van der Waals surface area contributed by atoms with Crippen LogP contribution in [0.4, 0.5) is 5.69 Å². The van der Waals surface area contributed by atoms with E-state index in [0.717, 1.165) is 4.08 Å². The third-order valence-corrected chi connectivity index (χ3v) is 9.15. The van der Waals surface area contributed by atoms with Crippen molar-refractivity contribution >= 4 is 34.2 Å². The Morgan fingerprint density at radius 1 is 0.917 bits per heavy atom. The highest BCUT2D eigenvalue weighted by molar-refractivity contribution is 8.17. The monoisotopic (exact) mass is 385 g/mol. The highest BCUT2D eigenvalue weighted by Crippen LogP contribution is 2.57. The molecule has 0 N–H and O–H groups in total. The van der Waals surface area contributed by atoms with Gasteiger partial charge in [-0.2, -0.15) is 4.08 Å². The summed E-state index contributed by atoms with van der Waals surface area (Å²) in [4.78, 5) is 0.141. The van der Waals surface area contributed by atoms with Crippen LogP contribution in [-0.2, 0) is 30.9 Å². The van der Waals surface area contributed by atoms with E-state index in [1.165, 1.54) is 12.1 Å². The Kier molecular flexibility index (Phi) is 6.54. The van der Waals surface area contributed by atoms with Gasteiger partial charge < -0.3 is 9.05 Å². The van der Waals surface area contributed by atoms with Crippen LogP contribution >= 0.6 is 6.64 Å². The molecule has 5 nitrogen and oxygen atoms in total. The number of nitrogens with zero attached hydrogens (tertiary/aromatic N) is 1. The van der Waals surface area contributed by atoms with Gasteiger partial charge in [0.2, 0.25) is 0 Å². The predicted octanol–water partition coefficient (Wildman–Crippen LogP) is 4.18. The van der Waals surface area contributed by atoms with Crippen molar-refractivity contribution in [1.29, 1.82) is 0 Å². The zero-order valence-electron chi connectivity index (χ0n) is 13.5. The molecule has 130 valence electrons. The largest absolute Gasteiger partial charge is 0.313 e. The van der Waals surface area contributed by atoms with Gasteiger partial charge in [0.15, 0.2) is 0 Å². The third kappa shape index (κ3) is 4.05. The van der Waals surface area contributed by atoms with Crippen molar-refractivity contribution < 1.29 is 17.5 Å². The zero-order valence-corrected chi connectivity index (χ0v) is 16.1.